The molecule has 102 valence electrons. The van der Waals surface area contributed by atoms with Crippen molar-refractivity contribution < 1.29 is 0 Å². The molecular weight excluding hydrogens is 405 g/mol. The maximum Gasteiger partial charge on any atom is 0.132 e. The molecule has 3 aromatic rings. The van der Waals surface area contributed by atoms with Gasteiger partial charge < -0.3 is 0 Å². The summed E-state index contributed by atoms with van der Waals surface area (Å²) in [6.45, 7) is 1.92. The third kappa shape index (κ3) is 2.38. The van der Waals surface area contributed by atoms with E-state index in [-0.39, 0.29) is 5.38 Å². The zero-order valence-electron chi connectivity index (χ0n) is 10.5. The number of hydrogen-bond donors (Lipinski definition) is 0. The SMILES string of the molecule is CC(Cl)c1nc2cnccc2n1-c1cc(Br)ccc1Br. The molecule has 1 unspecified atom stereocenters. The van der Waals surface area contributed by atoms with Gasteiger partial charge in [0.05, 0.1) is 22.8 Å². The number of benzene rings is 1. The Morgan fingerprint density at radius 3 is 2.80 bits per heavy atom. The standard InChI is InChI=1S/C14H10Br2ClN3/c1-8(17)14-19-11-7-18-5-4-12(11)20(14)13-6-9(15)2-3-10(13)16/h2-8H,1H3. The van der Waals surface area contributed by atoms with Gasteiger partial charge in [0.25, 0.3) is 0 Å². The van der Waals surface area contributed by atoms with E-state index in [0.29, 0.717) is 0 Å². The number of hydrogen-bond acceptors (Lipinski definition) is 2. The second-order valence-corrected chi connectivity index (χ2v) is 6.81. The Kier molecular flexibility index (Phi) is 3.84. The van der Waals surface area contributed by atoms with E-state index in [4.69, 9.17) is 11.6 Å². The first-order chi connectivity index (χ1) is 9.58. The predicted molar refractivity (Wildman–Crippen MR) is 88.5 cm³/mol. The Morgan fingerprint density at radius 1 is 1.25 bits per heavy atom. The molecule has 0 bridgehead atoms. The van der Waals surface area contributed by atoms with Gasteiger partial charge in [-0.25, -0.2) is 4.98 Å². The van der Waals surface area contributed by atoms with E-state index in [0.717, 1.165) is 31.5 Å². The molecule has 0 aliphatic heterocycles. The minimum absolute atomic E-state index is 0.201. The summed E-state index contributed by atoms with van der Waals surface area (Å²) in [5, 5.41) is -0.201. The van der Waals surface area contributed by atoms with Crippen LogP contribution in [0.15, 0.2) is 45.6 Å². The van der Waals surface area contributed by atoms with E-state index in [2.05, 4.69) is 46.4 Å². The molecule has 3 nitrogen and oxygen atoms in total. The van der Waals surface area contributed by atoms with Crippen LogP contribution in [0.4, 0.5) is 0 Å². The maximum absolute atomic E-state index is 6.29. The zero-order valence-corrected chi connectivity index (χ0v) is 14.4. The van der Waals surface area contributed by atoms with Gasteiger partial charge in [0.1, 0.15) is 11.3 Å². The van der Waals surface area contributed by atoms with Gasteiger partial charge in [-0.15, -0.1) is 11.6 Å². The van der Waals surface area contributed by atoms with Crippen molar-refractivity contribution in [1.29, 1.82) is 0 Å². The number of rotatable bonds is 2. The van der Waals surface area contributed by atoms with E-state index in [1.807, 2.05) is 31.2 Å². The largest absolute Gasteiger partial charge is 0.294 e. The molecule has 0 aliphatic rings. The van der Waals surface area contributed by atoms with Crippen molar-refractivity contribution in [3.63, 3.8) is 0 Å². The first-order valence-corrected chi connectivity index (χ1v) is 8.02. The van der Waals surface area contributed by atoms with Gasteiger partial charge in [0, 0.05) is 15.1 Å². The van der Waals surface area contributed by atoms with Crippen molar-refractivity contribution in [3.05, 3.63) is 51.4 Å². The summed E-state index contributed by atoms with van der Waals surface area (Å²) in [4.78, 5) is 8.71. The topological polar surface area (TPSA) is 30.7 Å². The predicted octanol–water partition coefficient (Wildman–Crippen LogP) is 5.25. The highest BCUT2D eigenvalue weighted by molar-refractivity contribution is 9.11. The van der Waals surface area contributed by atoms with Crippen molar-refractivity contribution in [2.75, 3.05) is 0 Å². The summed E-state index contributed by atoms with van der Waals surface area (Å²) in [7, 11) is 0. The van der Waals surface area contributed by atoms with Crippen LogP contribution in [0.2, 0.25) is 0 Å². The van der Waals surface area contributed by atoms with Crippen LogP contribution in [0.5, 0.6) is 0 Å². The van der Waals surface area contributed by atoms with Crippen LogP contribution >= 0.6 is 43.5 Å². The second kappa shape index (κ2) is 5.47. The molecule has 3 rings (SSSR count). The summed E-state index contributed by atoms with van der Waals surface area (Å²) in [6.07, 6.45) is 3.51. The molecule has 0 aliphatic carbocycles. The molecule has 0 saturated heterocycles. The number of nitrogens with zero attached hydrogens (tertiary/aromatic N) is 3. The van der Waals surface area contributed by atoms with E-state index in [1.165, 1.54) is 0 Å². The lowest BCUT2D eigenvalue weighted by molar-refractivity contribution is 0.880. The molecule has 0 N–H and O–H groups in total. The quantitative estimate of drug-likeness (QED) is 0.536. The second-order valence-electron chi connectivity index (χ2n) is 4.38. The van der Waals surface area contributed by atoms with Gasteiger partial charge in [-0.1, -0.05) is 15.9 Å². The molecule has 6 heteroatoms. The monoisotopic (exact) mass is 413 g/mol. The molecule has 0 saturated carbocycles. The van der Waals surface area contributed by atoms with E-state index < -0.39 is 0 Å². The first-order valence-electron chi connectivity index (χ1n) is 6.00. The summed E-state index contributed by atoms with van der Waals surface area (Å²) in [5.41, 5.74) is 2.82. The molecule has 0 radical (unpaired) electrons. The average molecular weight is 416 g/mol. The van der Waals surface area contributed by atoms with Crippen molar-refractivity contribution in [3.8, 4) is 5.69 Å². The fourth-order valence-corrected chi connectivity index (χ4v) is 3.05. The Morgan fingerprint density at radius 2 is 2.05 bits per heavy atom. The summed E-state index contributed by atoms with van der Waals surface area (Å²) >= 11 is 13.4. The third-order valence-corrected chi connectivity index (χ3v) is 4.35. The lowest BCUT2D eigenvalue weighted by Crippen LogP contribution is -2.02. The average Bonchev–Trinajstić information content (AvgIpc) is 2.81. The van der Waals surface area contributed by atoms with Gasteiger partial charge in [-0.3, -0.25) is 9.55 Å². The number of aromatic nitrogens is 3. The highest BCUT2D eigenvalue weighted by Crippen LogP contribution is 2.32. The molecule has 0 fully saturated rings. The molecule has 2 heterocycles. The Labute approximate surface area is 138 Å². The molecule has 0 spiro atoms. The smallest absolute Gasteiger partial charge is 0.132 e. The Bertz CT molecular complexity index is 783. The lowest BCUT2D eigenvalue weighted by atomic mass is 10.3. The number of fused-ring (bicyclic) bond motifs is 1. The highest BCUT2D eigenvalue weighted by atomic mass is 79.9. The van der Waals surface area contributed by atoms with Gasteiger partial charge in [0.2, 0.25) is 0 Å². The summed E-state index contributed by atoms with van der Waals surface area (Å²) in [5.74, 6) is 0.800. The molecule has 1 atom stereocenters. The fraction of sp³-hybridized carbons (Fsp3) is 0.143. The first kappa shape index (κ1) is 14.0. The van der Waals surface area contributed by atoms with Crippen molar-refractivity contribution in [1.82, 2.24) is 14.5 Å². The van der Waals surface area contributed by atoms with E-state index in [9.17, 15) is 0 Å². The maximum atomic E-state index is 6.29. The van der Waals surface area contributed by atoms with Crippen LogP contribution in [0.1, 0.15) is 18.1 Å². The van der Waals surface area contributed by atoms with Gasteiger partial charge in [0.15, 0.2) is 0 Å². The Hall–Kier alpha value is -0.910. The van der Waals surface area contributed by atoms with Crippen LogP contribution < -0.4 is 0 Å². The number of halogens is 3. The van der Waals surface area contributed by atoms with Crippen LogP contribution in [-0.2, 0) is 0 Å². The van der Waals surface area contributed by atoms with Crippen LogP contribution in [0.3, 0.4) is 0 Å². The molecule has 1 aromatic carbocycles. The normalized spacial score (nSPS) is 12.8. The lowest BCUT2D eigenvalue weighted by Gasteiger charge is -2.12. The number of alkyl halides is 1. The van der Waals surface area contributed by atoms with Gasteiger partial charge >= 0.3 is 0 Å². The summed E-state index contributed by atoms with van der Waals surface area (Å²) < 4.78 is 4.04. The van der Waals surface area contributed by atoms with Crippen molar-refractivity contribution >= 4 is 54.5 Å². The molecular formula is C14H10Br2ClN3. The van der Waals surface area contributed by atoms with Gasteiger partial charge in [-0.2, -0.15) is 0 Å². The highest BCUT2D eigenvalue weighted by Gasteiger charge is 2.18. The van der Waals surface area contributed by atoms with Crippen LogP contribution in [0, 0.1) is 0 Å². The molecule has 2 aromatic heterocycles. The van der Waals surface area contributed by atoms with Crippen LogP contribution in [-0.4, -0.2) is 14.5 Å². The van der Waals surface area contributed by atoms with Crippen molar-refractivity contribution in [2.45, 2.75) is 12.3 Å². The van der Waals surface area contributed by atoms with Crippen LogP contribution in [0.25, 0.3) is 16.7 Å². The zero-order chi connectivity index (χ0) is 14.3. The minimum Gasteiger partial charge on any atom is -0.294 e. The fourth-order valence-electron chi connectivity index (χ4n) is 2.13. The third-order valence-electron chi connectivity index (χ3n) is 2.99. The molecule has 20 heavy (non-hydrogen) atoms. The van der Waals surface area contributed by atoms with Gasteiger partial charge in [-0.05, 0) is 47.1 Å². The molecule has 0 amide bonds. The van der Waals surface area contributed by atoms with E-state index >= 15 is 0 Å². The van der Waals surface area contributed by atoms with E-state index in [1.54, 1.807) is 12.4 Å². The number of pyridine rings is 1. The Balaban J connectivity index is 2.39. The minimum atomic E-state index is -0.201. The number of imidazole rings is 1. The van der Waals surface area contributed by atoms with Crippen molar-refractivity contribution in [2.24, 2.45) is 0 Å². The summed E-state index contributed by atoms with van der Waals surface area (Å²) in [6, 6.07) is 7.96.